The number of thiazole rings is 1. The topological polar surface area (TPSA) is 104 Å². The van der Waals surface area contributed by atoms with E-state index in [1.807, 2.05) is 18.2 Å². The Kier molecular flexibility index (Phi) is 5.14. The van der Waals surface area contributed by atoms with Crippen molar-refractivity contribution in [1.82, 2.24) is 9.97 Å². The second kappa shape index (κ2) is 8.14. The molecule has 3 heterocycles. The van der Waals surface area contributed by atoms with E-state index >= 15 is 0 Å². The molecule has 8 heteroatoms. The third-order valence-corrected chi connectivity index (χ3v) is 6.68. The summed E-state index contributed by atoms with van der Waals surface area (Å²) in [4.78, 5) is 36.3. The lowest BCUT2D eigenvalue weighted by atomic mass is 9.95. The number of pyridine rings is 1. The number of hydrogen-bond donors (Lipinski definition) is 2. The second-order valence-electron chi connectivity index (χ2n) is 7.65. The van der Waals surface area contributed by atoms with Gasteiger partial charge in [0.15, 0.2) is 5.13 Å². The number of benzene rings is 2. The number of anilines is 1. The van der Waals surface area contributed by atoms with E-state index in [2.05, 4.69) is 16.9 Å². The van der Waals surface area contributed by atoms with Crippen LogP contribution < -0.4 is 4.90 Å². The number of carbonyl (C=O) groups is 2. The minimum atomic E-state index is -0.898. The van der Waals surface area contributed by atoms with Crippen molar-refractivity contribution in [3.63, 3.8) is 0 Å². The molecule has 1 unspecified atom stereocenters. The number of aromatic nitrogens is 2. The van der Waals surface area contributed by atoms with E-state index in [9.17, 15) is 19.8 Å². The first-order chi connectivity index (χ1) is 16.0. The van der Waals surface area contributed by atoms with E-state index in [-0.39, 0.29) is 17.1 Å². The Morgan fingerprint density at radius 3 is 2.48 bits per heavy atom. The maximum Gasteiger partial charge on any atom is 0.301 e. The number of phenolic OH excluding ortho intramolecular Hbond substituents is 1. The zero-order valence-corrected chi connectivity index (χ0v) is 18.4. The summed E-state index contributed by atoms with van der Waals surface area (Å²) in [5.41, 5.74) is 2.78. The first kappa shape index (κ1) is 20.8. The van der Waals surface area contributed by atoms with Crippen LogP contribution in [0.5, 0.6) is 5.75 Å². The van der Waals surface area contributed by atoms with Crippen molar-refractivity contribution in [2.75, 3.05) is 4.90 Å². The average molecular weight is 458 g/mol. The minimum Gasteiger partial charge on any atom is -0.508 e. The molecule has 1 aliphatic rings. The van der Waals surface area contributed by atoms with E-state index < -0.39 is 17.7 Å². The molecule has 33 heavy (non-hydrogen) atoms. The molecule has 2 N–H and O–H groups in total. The van der Waals surface area contributed by atoms with Gasteiger partial charge in [-0.05, 0) is 53.9 Å². The quantitative estimate of drug-likeness (QED) is 0.264. The van der Waals surface area contributed by atoms with E-state index in [4.69, 9.17) is 0 Å². The van der Waals surface area contributed by atoms with Crippen molar-refractivity contribution in [3.05, 3.63) is 89.3 Å². The Labute approximate surface area is 193 Å². The zero-order chi connectivity index (χ0) is 23.1. The van der Waals surface area contributed by atoms with Crippen LogP contribution in [0.4, 0.5) is 5.13 Å². The fourth-order valence-electron chi connectivity index (χ4n) is 3.95. The van der Waals surface area contributed by atoms with Crippen LogP contribution in [0.2, 0.25) is 0 Å². The van der Waals surface area contributed by atoms with Gasteiger partial charge in [0.25, 0.3) is 5.78 Å². The smallest absolute Gasteiger partial charge is 0.301 e. The van der Waals surface area contributed by atoms with Gasteiger partial charge in [-0.25, -0.2) is 4.98 Å². The number of rotatable bonds is 4. The van der Waals surface area contributed by atoms with Crippen LogP contribution in [0, 0.1) is 0 Å². The van der Waals surface area contributed by atoms with Crippen molar-refractivity contribution in [1.29, 1.82) is 0 Å². The Hall–Kier alpha value is -4.04. The summed E-state index contributed by atoms with van der Waals surface area (Å²) in [6, 6.07) is 14.4. The molecule has 1 atom stereocenters. The molecule has 0 aliphatic carbocycles. The van der Waals surface area contributed by atoms with Gasteiger partial charge in [-0.1, -0.05) is 36.5 Å². The molecule has 0 saturated carbocycles. The van der Waals surface area contributed by atoms with Crippen LogP contribution >= 0.6 is 11.3 Å². The molecule has 4 aromatic rings. The van der Waals surface area contributed by atoms with Crippen molar-refractivity contribution in [2.24, 2.45) is 0 Å². The standard InChI is InChI=1S/C25H19N3O4S/c1-2-14-3-8-18-19(13-14)33-25(27-18)28-21(15-4-6-17(29)7-5-15)20(23(31)24(28)32)22(30)16-9-11-26-12-10-16/h3-13,21,29-30H,2H2,1H3/b22-20+. The number of carbonyl (C=O) groups excluding carboxylic acids is 2. The fourth-order valence-corrected chi connectivity index (χ4v) is 5.00. The maximum atomic E-state index is 13.2. The number of aliphatic hydroxyl groups excluding tert-OH is 1. The van der Waals surface area contributed by atoms with Gasteiger partial charge in [0.2, 0.25) is 0 Å². The lowest BCUT2D eigenvalue weighted by molar-refractivity contribution is -0.132. The van der Waals surface area contributed by atoms with Gasteiger partial charge in [0.1, 0.15) is 11.5 Å². The number of phenols is 1. The van der Waals surface area contributed by atoms with E-state index in [0.29, 0.717) is 16.3 Å². The summed E-state index contributed by atoms with van der Waals surface area (Å²) in [5, 5.41) is 21.2. The number of aromatic hydroxyl groups is 1. The predicted molar refractivity (Wildman–Crippen MR) is 126 cm³/mol. The summed E-state index contributed by atoms with van der Waals surface area (Å²) in [5.74, 6) is -1.79. The molecule has 2 aromatic heterocycles. The minimum absolute atomic E-state index is 0.0367. The average Bonchev–Trinajstić information content (AvgIpc) is 3.37. The van der Waals surface area contributed by atoms with Crippen LogP contribution in [-0.2, 0) is 16.0 Å². The Balaban J connectivity index is 1.72. The molecule has 5 rings (SSSR count). The van der Waals surface area contributed by atoms with Gasteiger partial charge in [-0.15, -0.1) is 0 Å². The van der Waals surface area contributed by atoms with Crippen molar-refractivity contribution < 1.29 is 19.8 Å². The largest absolute Gasteiger partial charge is 0.508 e. The molecule has 1 fully saturated rings. The highest BCUT2D eigenvalue weighted by atomic mass is 32.1. The Morgan fingerprint density at radius 2 is 1.79 bits per heavy atom. The van der Waals surface area contributed by atoms with E-state index in [1.165, 1.54) is 40.8 Å². The fraction of sp³-hybridized carbons (Fsp3) is 0.120. The van der Waals surface area contributed by atoms with Crippen LogP contribution in [0.15, 0.2) is 72.6 Å². The van der Waals surface area contributed by atoms with Crippen molar-refractivity contribution in [3.8, 4) is 5.75 Å². The van der Waals surface area contributed by atoms with Crippen LogP contribution in [0.25, 0.3) is 16.0 Å². The Morgan fingerprint density at radius 1 is 1.06 bits per heavy atom. The molecular formula is C25H19N3O4S. The van der Waals surface area contributed by atoms with Gasteiger partial charge in [0.05, 0.1) is 21.8 Å². The van der Waals surface area contributed by atoms with Gasteiger partial charge >= 0.3 is 5.91 Å². The summed E-state index contributed by atoms with van der Waals surface area (Å²) >= 11 is 1.32. The normalized spacial score (nSPS) is 17.7. The highest BCUT2D eigenvalue weighted by Crippen LogP contribution is 2.44. The first-order valence-electron chi connectivity index (χ1n) is 10.4. The van der Waals surface area contributed by atoms with Crippen LogP contribution in [0.1, 0.15) is 29.7 Å². The molecular weight excluding hydrogens is 438 g/mol. The summed E-state index contributed by atoms with van der Waals surface area (Å²) in [6.45, 7) is 2.06. The molecule has 1 saturated heterocycles. The molecule has 7 nitrogen and oxygen atoms in total. The first-order valence-corrected chi connectivity index (χ1v) is 11.2. The number of hydrogen-bond acceptors (Lipinski definition) is 7. The van der Waals surface area contributed by atoms with Crippen LogP contribution in [-0.4, -0.2) is 31.9 Å². The number of aryl methyl sites for hydroxylation is 1. The lowest BCUT2D eigenvalue weighted by Gasteiger charge is -2.23. The number of fused-ring (bicyclic) bond motifs is 1. The van der Waals surface area contributed by atoms with Crippen LogP contribution in [0.3, 0.4) is 0 Å². The van der Waals surface area contributed by atoms with Gasteiger partial charge in [-0.2, -0.15) is 0 Å². The third kappa shape index (κ3) is 3.54. The number of nitrogens with zero attached hydrogens (tertiary/aromatic N) is 3. The molecule has 1 aliphatic heterocycles. The predicted octanol–water partition coefficient (Wildman–Crippen LogP) is 4.59. The number of Topliss-reactive ketones (excluding diaryl/α,β-unsaturated/α-hetero) is 1. The summed E-state index contributed by atoms with van der Waals surface area (Å²) < 4.78 is 0.907. The maximum absolute atomic E-state index is 13.2. The van der Waals surface area contributed by atoms with E-state index in [0.717, 1.165) is 22.2 Å². The molecule has 2 aromatic carbocycles. The number of aliphatic hydroxyl groups is 1. The second-order valence-corrected chi connectivity index (χ2v) is 8.66. The SMILES string of the molecule is CCc1ccc2nc(N3C(=O)C(=O)/C(=C(/O)c4ccncc4)C3c3ccc(O)cc3)sc2c1. The third-order valence-electron chi connectivity index (χ3n) is 5.66. The molecule has 164 valence electrons. The van der Waals surface area contributed by atoms with Gasteiger partial charge in [0, 0.05) is 18.0 Å². The van der Waals surface area contributed by atoms with Crippen molar-refractivity contribution in [2.45, 2.75) is 19.4 Å². The summed E-state index contributed by atoms with van der Waals surface area (Å²) in [6.07, 6.45) is 3.87. The zero-order valence-electron chi connectivity index (χ0n) is 17.6. The number of ketones is 1. The molecule has 0 radical (unpaired) electrons. The highest BCUT2D eigenvalue weighted by molar-refractivity contribution is 7.22. The van der Waals surface area contributed by atoms with Crippen molar-refractivity contribution >= 4 is 44.1 Å². The van der Waals surface area contributed by atoms with E-state index in [1.54, 1.807) is 24.3 Å². The Bertz CT molecular complexity index is 1410. The summed E-state index contributed by atoms with van der Waals surface area (Å²) in [7, 11) is 0. The van der Waals surface area contributed by atoms with Gasteiger partial charge in [-0.3, -0.25) is 19.5 Å². The lowest BCUT2D eigenvalue weighted by Crippen LogP contribution is -2.29. The monoisotopic (exact) mass is 457 g/mol. The number of amides is 1. The highest BCUT2D eigenvalue weighted by Gasteiger charge is 2.48. The molecule has 0 spiro atoms. The molecule has 1 amide bonds. The molecule has 0 bridgehead atoms. The van der Waals surface area contributed by atoms with Gasteiger partial charge < -0.3 is 10.2 Å².